The van der Waals surface area contributed by atoms with Crippen molar-refractivity contribution in [1.29, 1.82) is 0 Å². The minimum absolute atomic E-state index is 0. The standard InChI is InChI=1S/C9H9NO2S.Na/c1-6-4-7-2-3-13-9(7)10(6)5-8(11)12;/h2-4H,5H2,1H3,(H,11,12);/q;+1/p-1. The number of hydrogen-bond acceptors (Lipinski definition) is 3. The molecule has 3 nitrogen and oxygen atoms in total. The fourth-order valence-electron chi connectivity index (χ4n) is 1.43. The topological polar surface area (TPSA) is 45.1 Å². The van der Waals surface area contributed by atoms with Crippen LogP contribution in [0.2, 0.25) is 0 Å². The summed E-state index contributed by atoms with van der Waals surface area (Å²) in [6, 6.07) is 3.97. The third-order valence-corrected chi connectivity index (χ3v) is 2.95. The summed E-state index contributed by atoms with van der Waals surface area (Å²) in [6.45, 7) is 1.84. The van der Waals surface area contributed by atoms with Crippen molar-refractivity contribution in [2.75, 3.05) is 0 Å². The molecule has 2 rings (SSSR count). The Balaban J connectivity index is 0.000000980. The van der Waals surface area contributed by atoms with E-state index in [1.54, 1.807) is 15.9 Å². The molecule has 0 spiro atoms. The molecule has 14 heavy (non-hydrogen) atoms. The van der Waals surface area contributed by atoms with E-state index in [-0.39, 0.29) is 36.1 Å². The number of rotatable bonds is 2. The van der Waals surface area contributed by atoms with Gasteiger partial charge in [-0.3, -0.25) is 0 Å². The van der Waals surface area contributed by atoms with Gasteiger partial charge in [-0.1, -0.05) is 0 Å². The quantitative estimate of drug-likeness (QED) is 0.534. The molecule has 68 valence electrons. The van der Waals surface area contributed by atoms with Crippen molar-refractivity contribution in [2.45, 2.75) is 13.5 Å². The average Bonchev–Trinajstić information content (AvgIpc) is 2.55. The van der Waals surface area contributed by atoms with Crippen molar-refractivity contribution >= 4 is 27.5 Å². The minimum atomic E-state index is -1.05. The van der Waals surface area contributed by atoms with Crippen LogP contribution in [-0.4, -0.2) is 10.5 Å². The van der Waals surface area contributed by atoms with Crippen molar-refractivity contribution < 1.29 is 39.5 Å². The number of thiophene rings is 1. The number of carbonyl (C=O) groups is 1. The van der Waals surface area contributed by atoms with Gasteiger partial charge in [0.05, 0.1) is 12.5 Å². The normalized spacial score (nSPS) is 10.1. The number of nitrogens with zero attached hydrogens (tertiary/aromatic N) is 1. The predicted molar refractivity (Wildman–Crippen MR) is 49.6 cm³/mol. The fourth-order valence-corrected chi connectivity index (χ4v) is 2.37. The number of aryl methyl sites for hydroxylation is 1. The van der Waals surface area contributed by atoms with Gasteiger partial charge in [-0.05, 0) is 24.4 Å². The second-order valence-electron chi connectivity index (χ2n) is 2.92. The van der Waals surface area contributed by atoms with E-state index < -0.39 is 5.97 Å². The molecule has 2 aromatic rings. The zero-order chi connectivity index (χ0) is 9.42. The first-order chi connectivity index (χ1) is 6.18. The van der Waals surface area contributed by atoms with Crippen molar-refractivity contribution in [3.63, 3.8) is 0 Å². The first-order valence-corrected chi connectivity index (χ1v) is 4.79. The van der Waals surface area contributed by atoms with Crippen LogP contribution < -0.4 is 34.7 Å². The second-order valence-corrected chi connectivity index (χ2v) is 3.82. The van der Waals surface area contributed by atoms with Crippen LogP contribution >= 0.6 is 11.3 Å². The molecular formula is C9H8NNaO2S. The Bertz CT molecular complexity index is 460. The molecule has 0 aliphatic carbocycles. The largest absolute Gasteiger partial charge is 1.00 e. The van der Waals surface area contributed by atoms with Crippen LogP contribution in [0.4, 0.5) is 0 Å². The van der Waals surface area contributed by atoms with Crippen LogP contribution in [0.25, 0.3) is 10.2 Å². The molecular weight excluding hydrogens is 209 g/mol. The number of aromatic nitrogens is 1. The summed E-state index contributed by atoms with van der Waals surface area (Å²) in [7, 11) is 0. The van der Waals surface area contributed by atoms with E-state index in [1.165, 1.54) is 0 Å². The third-order valence-electron chi connectivity index (χ3n) is 2.00. The van der Waals surface area contributed by atoms with E-state index in [4.69, 9.17) is 0 Å². The van der Waals surface area contributed by atoms with Crippen LogP contribution in [0.5, 0.6) is 0 Å². The van der Waals surface area contributed by atoms with Gasteiger partial charge in [-0.25, -0.2) is 0 Å². The molecule has 0 N–H and O–H groups in total. The van der Waals surface area contributed by atoms with E-state index in [0.717, 1.165) is 15.9 Å². The summed E-state index contributed by atoms with van der Waals surface area (Å²) in [5, 5.41) is 13.5. The molecule has 0 radical (unpaired) electrons. The fraction of sp³-hybridized carbons (Fsp3) is 0.222. The minimum Gasteiger partial charge on any atom is -0.548 e. The van der Waals surface area contributed by atoms with Gasteiger partial charge in [0.25, 0.3) is 0 Å². The number of aliphatic carboxylic acids is 1. The Labute approximate surface area is 108 Å². The van der Waals surface area contributed by atoms with Gasteiger partial charge in [-0.2, -0.15) is 0 Å². The molecule has 2 aromatic heterocycles. The van der Waals surface area contributed by atoms with Gasteiger partial charge >= 0.3 is 29.6 Å². The van der Waals surface area contributed by atoms with Crippen LogP contribution in [0, 0.1) is 6.92 Å². The van der Waals surface area contributed by atoms with Gasteiger partial charge in [-0.15, -0.1) is 11.3 Å². The maximum absolute atomic E-state index is 10.5. The molecule has 0 amide bonds. The van der Waals surface area contributed by atoms with E-state index in [2.05, 4.69) is 0 Å². The zero-order valence-electron chi connectivity index (χ0n) is 8.11. The number of hydrogen-bond donors (Lipinski definition) is 0. The van der Waals surface area contributed by atoms with Gasteiger partial charge in [0.15, 0.2) is 0 Å². The molecule has 0 aliphatic rings. The number of carbonyl (C=O) groups excluding carboxylic acids is 1. The Kier molecular flexibility index (Phi) is 3.78. The molecule has 0 saturated heterocycles. The predicted octanol–water partition coefficient (Wildman–Crippen LogP) is -2.23. The average molecular weight is 217 g/mol. The van der Waals surface area contributed by atoms with Crippen molar-refractivity contribution in [1.82, 2.24) is 4.57 Å². The van der Waals surface area contributed by atoms with Crippen LogP contribution in [0.1, 0.15) is 5.69 Å². The van der Waals surface area contributed by atoms with Crippen molar-refractivity contribution in [3.8, 4) is 0 Å². The van der Waals surface area contributed by atoms with E-state index in [1.807, 2.05) is 24.4 Å². The first kappa shape index (κ1) is 11.8. The summed E-state index contributed by atoms with van der Waals surface area (Å²) < 4.78 is 1.76. The van der Waals surface area contributed by atoms with Crippen molar-refractivity contribution in [3.05, 3.63) is 23.2 Å². The molecule has 0 unspecified atom stereocenters. The molecule has 0 bridgehead atoms. The summed E-state index contributed by atoms with van der Waals surface area (Å²) >= 11 is 1.55. The van der Waals surface area contributed by atoms with Gasteiger partial charge in [0.2, 0.25) is 0 Å². The SMILES string of the molecule is Cc1cc2ccsc2n1CC(=O)[O-].[Na+]. The Morgan fingerprint density at radius 1 is 1.64 bits per heavy atom. The Morgan fingerprint density at radius 2 is 2.36 bits per heavy atom. The van der Waals surface area contributed by atoms with Crippen LogP contribution in [0.15, 0.2) is 17.5 Å². The summed E-state index contributed by atoms with van der Waals surface area (Å²) in [5.74, 6) is -1.05. The molecule has 0 atom stereocenters. The Hall–Kier alpha value is -0.290. The molecule has 0 fully saturated rings. The second kappa shape index (κ2) is 4.49. The summed E-state index contributed by atoms with van der Waals surface area (Å²) in [4.78, 5) is 11.5. The van der Waals surface area contributed by atoms with Crippen LogP contribution in [0.3, 0.4) is 0 Å². The Morgan fingerprint density at radius 3 is 3.00 bits per heavy atom. The molecule has 0 saturated carbocycles. The third kappa shape index (κ3) is 2.03. The van der Waals surface area contributed by atoms with Crippen molar-refractivity contribution in [2.24, 2.45) is 0 Å². The maximum Gasteiger partial charge on any atom is 1.00 e. The maximum atomic E-state index is 10.5. The zero-order valence-corrected chi connectivity index (χ0v) is 10.9. The molecule has 0 aliphatic heterocycles. The summed E-state index contributed by atoms with van der Waals surface area (Å²) in [5.41, 5.74) is 0.964. The van der Waals surface area contributed by atoms with E-state index in [9.17, 15) is 9.90 Å². The van der Waals surface area contributed by atoms with Crippen LogP contribution in [-0.2, 0) is 11.3 Å². The summed E-state index contributed by atoms with van der Waals surface area (Å²) in [6.07, 6.45) is 0. The van der Waals surface area contributed by atoms with Gasteiger partial charge in [0, 0.05) is 11.1 Å². The number of carboxylic acid groups (broad SMARTS) is 1. The monoisotopic (exact) mass is 217 g/mol. The first-order valence-electron chi connectivity index (χ1n) is 3.91. The number of carboxylic acids is 1. The van der Waals surface area contributed by atoms with E-state index >= 15 is 0 Å². The molecule has 5 heteroatoms. The van der Waals surface area contributed by atoms with Gasteiger partial charge < -0.3 is 14.5 Å². The smallest absolute Gasteiger partial charge is 0.548 e. The number of fused-ring (bicyclic) bond motifs is 1. The molecule has 0 aromatic carbocycles. The van der Waals surface area contributed by atoms with E-state index in [0.29, 0.717) is 0 Å². The molecule has 2 heterocycles. The van der Waals surface area contributed by atoms with Gasteiger partial charge in [0.1, 0.15) is 4.83 Å².